The second-order valence-electron chi connectivity index (χ2n) is 13.5. The molecule has 0 amide bonds. The van der Waals surface area contributed by atoms with Crippen molar-refractivity contribution in [3.63, 3.8) is 0 Å². The average Bonchev–Trinajstić information content (AvgIpc) is 3.43. The van der Waals surface area contributed by atoms with Gasteiger partial charge in [-0.1, -0.05) is 85.2 Å². The van der Waals surface area contributed by atoms with Crippen molar-refractivity contribution in [2.75, 3.05) is 0 Å². The third kappa shape index (κ3) is 4.78. The molecule has 8 heteroatoms. The summed E-state index contributed by atoms with van der Waals surface area (Å²) in [6.45, 7) is 19.3. The molecule has 0 saturated carbocycles. The Hall–Kier alpha value is -3.45. The Morgan fingerprint density at radius 2 is 1.49 bits per heavy atom. The van der Waals surface area contributed by atoms with E-state index in [-0.39, 0.29) is 22.0 Å². The number of aromatic nitrogens is 6. The predicted octanol–water partition coefficient (Wildman–Crippen LogP) is 8.04. The maximum absolute atomic E-state index is 11.7. The molecule has 0 radical (unpaired) electrons. The van der Waals surface area contributed by atoms with E-state index in [1.807, 2.05) is 43.3 Å². The van der Waals surface area contributed by atoms with Crippen molar-refractivity contribution in [2.45, 2.75) is 79.6 Å². The minimum absolute atomic E-state index is 0.0385. The summed E-state index contributed by atoms with van der Waals surface area (Å²) < 4.78 is 0. The number of phenolic OH excluding ortho intramolecular Hbond substituents is 1. The highest BCUT2D eigenvalue weighted by Crippen LogP contribution is 2.50. The fourth-order valence-electron chi connectivity index (χ4n) is 6.00. The highest BCUT2D eigenvalue weighted by Gasteiger charge is 2.36. The number of aryl methyl sites for hydroxylation is 1. The topological polar surface area (TPSA) is 92.5 Å². The van der Waals surface area contributed by atoms with Crippen LogP contribution >= 0.6 is 11.6 Å². The standard InChI is InChI=1S/C31H37ClN6O/c1-17-14-18(28(39)19(15-17)30(5,6)7)22-25-26(34-37-33-25)23(31(8,9)16-29(2,3)4)24(32)27(22)38-35-20-12-10-11-13-21(20)36-38/h10-15,39H,16H2,1-9H3,(H,33,34,37). The van der Waals surface area contributed by atoms with Crippen LogP contribution in [0.3, 0.4) is 0 Å². The lowest BCUT2D eigenvalue weighted by Crippen LogP contribution is -2.26. The minimum Gasteiger partial charge on any atom is -0.507 e. The summed E-state index contributed by atoms with van der Waals surface area (Å²) >= 11 is 7.43. The van der Waals surface area contributed by atoms with Crippen LogP contribution in [-0.4, -0.2) is 35.5 Å². The Labute approximate surface area is 234 Å². The summed E-state index contributed by atoms with van der Waals surface area (Å²) in [6, 6.07) is 11.7. The number of aromatic hydroxyl groups is 1. The first-order valence-electron chi connectivity index (χ1n) is 13.3. The Kier molecular flexibility index (Phi) is 6.30. The molecule has 0 aliphatic heterocycles. The average molecular weight is 545 g/mol. The van der Waals surface area contributed by atoms with Gasteiger partial charge in [0.25, 0.3) is 0 Å². The maximum Gasteiger partial charge on any atom is 0.127 e. The van der Waals surface area contributed by atoms with E-state index in [2.05, 4.69) is 70.8 Å². The van der Waals surface area contributed by atoms with Crippen LogP contribution in [0.25, 0.3) is 38.9 Å². The summed E-state index contributed by atoms with van der Waals surface area (Å²) in [5.74, 6) is 0.188. The molecule has 0 bridgehead atoms. The van der Waals surface area contributed by atoms with E-state index in [9.17, 15) is 5.11 Å². The normalized spacial score (nSPS) is 13.1. The molecule has 0 spiro atoms. The Bertz CT molecular complexity index is 1680. The third-order valence-electron chi connectivity index (χ3n) is 7.15. The number of hydrogen-bond donors (Lipinski definition) is 2. The Morgan fingerprint density at radius 3 is 2.05 bits per heavy atom. The van der Waals surface area contributed by atoms with Gasteiger partial charge >= 0.3 is 0 Å². The van der Waals surface area contributed by atoms with E-state index in [0.717, 1.165) is 34.1 Å². The monoisotopic (exact) mass is 544 g/mol. The van der Waals surface area contributed by atoms with Gasteiger partial charge in [0.15, 0.2) is 0 Å². The van der Waals surface area contributed by atoms with Gasteiger partial charge in [-0.05, 0) is 53.4 Å². The van der Waals surface area contributed by atoms with Crippen LogP contribution in [0, 0.1) is 12.3 Å². The van der Waals surface area contributed by atoms with Crippen molar-refractivity contribution in [1.29, 1.82) is 0 Å². The van der Waals surface area contributed by atoms with Gasteiger partial charge in [-0.2, -0.15) is 15.4 Å². The lowest BCUT2D eigenvalue weighted by molar-refractivity contribution is 0.285. The molecule has 0 atom stereocenters. The fourth-order valence-corrected chi connectivity index (χ4v) is 6.51. The van der Waals surface area contributed by atoms with E-state index in [1.54, 1.807) is 4.80 Å². The van der Waals surface area contributed by atoms with Gasteiger partial charge in [-0.15, -0.1) is 15.0 Å². The van der Waals surface area contributed by atoms with Crippen LogP contribution in [0.15, 0.2) is 36.4 Å². The van der Waals surface area contributed by atoms with Crippen LogP contribution in [-0.2, 0) is 10.8 Å². The lowest BCUT2D eigenvalue weighted by atomic mass is 9.71. The number of nitrogens with one attached hydrogen (secondary N) is 1. The molecule has 0 unspecified atom stereocenters. The highest BCUT2D eigenvalue weighted by atomic mass is 35.5. The van der Waals surface area contributed by atoms with Gasteiger partial charge in [-0.3, -0.25) is 0 Å². The first-order valence-corrected chi connectivity index (χ1v) is 13.7. The SMILES string of the molecule is Cc1cc(-c2c(-n3nc4ccccc4n3)c(Cl)c(C(C)(C)CC(C)(C)C)c3n[nH]nc23)c(O)c(C(C)(C)C)c1. The van der Waals surface area contributed by atoms with Gasteiger partial charge in [-0.25, -0.2) is 0 Å². The zero-order valence-corrected chi connectivity index (χ0v) is 25.0. The zero-order valence-electron chi connectivity index (χ0n) is 24.2. The molecule has 5 rings (SSSR count). The number of fused-ring (bicyclic) bond motifs is 2. The van der Waals surface area contributed by atoms with Crippen molar-refractivity contribution < 1.29 is 5.11 Å². The molecule has 39 heavy (non-hydrogen) atoms. The Morgan fingerprint density at radius 1 is 0.897 bits per heavy atom. The van der Waals surface area contributed by atoms with E-state index in [4.69, 9.17) is 21.8 Å². The first-order chi connectivity index (χ1) is 18.1. The predicted molar refractivity (Wildman–Crippen MR) is 159 cm³/mol. The molecule has 5 aromatic rings. The first kappa shape index (κ1) is 27.1. The quantitative estimate of drug-likeness (QED) is 0.239. The minimum atomic E-state index is -0.352. The van der Waals surface area contributed by atoms with E-state index in [1.165, 1.54) is 0 Å². The number of aromatic amines is 1. The molecule has 0 saturated heterocycles. The third-order valence-corrected chi connectivity index (χ3v) is 7.52. The number of H-pyrrole nitrogens is 1. The number of benzene rings is 3. The highest BCUT2D eigenvalue weighted by molar-refractivity contribution is 6.35. The number of phenols is 1. The van der Waals surface area contributed by atoms with E-state index >= 15 is 0 Å². The van der Waals surface area contributed by atoms with Crippen molar-refractivity contribution in [3.05, 3.63) is 58.1 Å². The van der Waals surface area contributed by atoms with Crippen LogP contribution in [0.1, 0.15) is 78.5 Å². The smallest absolute Gasteiger partial charge is 0.127 e. The molecular formula is C31H37ClN6O. The van der Waals surface area contributed by atoms with E-state index in [0.29, 0.717) is 32.9 Å². The van der Waals surface area contributed by atoms with Crippen molar-refractivity contribution in [1.82, 2.24) is 30.4 Å². The van der Waals surface area contributed by atoms with Gasteiger partial charge in [0.2, 0.25) is 0 Å². The molecule has 2 N–H and O–H groups in total. The van der Waals surface area contributed by atoms with Gasteiger partial charge in [0.1, 0.15) is 33.5 Å². The summed E-state index contributed by atoms with van der Waals surface area (Å²) in [4.78, 5) is 1.59. The maximum atomic E-state index is 11.7. The lowest BCUT2D eigenvalue weighted by Gasteiger charge is -2.34. The van der Waals surface area contributed by atoms with Crippen molar-refractivity contribution >= 4 is 33.7 Å². The second-order valence-corrected chi connectivity index (χ2v) is 13.9. The molecule has 0 aliphatic rings. The van der Waals surface area contributed by atoms with Crippen LogP contribution < -0.4 is 0 Å². The summed E-state index contributed by atoms with van der Waals surface area (Å²) in [5, 5.41) is 34.0. The molecule has 2 aromatic heterocycles. The summed E-state index contributed by atoms with van der Waals surface area (Å²) in [7, 11) is 0. The molecule has 3 aromatic carbocycles. The molecule has 7 nitrogen and oxygen atoms in total. The molecule has 0 fully saturated rings. The summed E-state index contributed by atoms with van der Waals surface area (Å²) in [6.07, 6.45) is 0.860. The number of nitrogens with zero attached hydrogens (tertiary/aromatic N) is 5. The summed E-state index contributed by atoms with van der Waals surface area (Å²) in [5.41, 5.74) is 6.78. The molecule has 204 valence electrons. The van der Waals surface area contributed by atoms with Crippen LogP contribution in [0.4, 0.5) is 0 Å². The molecule has 0 aliphatic carbocycles. The molecular weight excluding hydrogens is 508 g/mol. The van der Waals surface area contributed by atoms with Gasteiger partial charge < -0.3 is 5.11 Å². The number of halogens is 1. The fraction of sp³-hybridized carbons (Fsp3) is 0.419. The van der Waals surface area contributed by atoms with Crippen molar-refractivity contribution in [2.24, 2.45) is 5.41 Å². The van der Waals surface area contributed by atoms with Gasteiger partial charge in [0, 0.05) is 22.3 Å². The van der Waals surface area contributed by atoms with Crippen LogP contribution in [0.5, 0.6) is 5.75 Å². The zero-order chi connectivity index (χ0) is 28.5. The molecule has 2 heterocycles. The van der Waals surface area contributed by atoms with E-state index < -0.39 is 0 Å². The Balaban J connectivity index is 1.96. The second kappa shape index (κ2) is 9.05. The number of rotatable bonds is 4. The largest absolute Gasteiger partial charge is 0.507 e. The van der Waals surface area contributed by atoms with Gasteiger partial charge in [0.05, 0.1) is 5.02 Å². The number of hydrogen-bond acceptors (Lipinski definition) is 5. The van der Waals surface area contributed by atoms with Crippen molar-refractivity contribution in [3.8, 4) is 22.6 Å². The van der Waals surface area contributed by atoms with Crippen LogP contribution in [0.2, 0.25) is 5.02 Å².